The summed E-state index contributed by atoms with van der Waals surface area (Å²) in [5, 5.41) is 3.46. The minimum absolute atomic E-state index is 0.104. The number of nitrogens with two attached hydrogens (primary N) is 1. The molecule has 0 saturated heterocycles. The summed E-state index contributed by atoms with van der Waals surface area (Å²) in [6.07, 6.45) is 0. The van der Waals surface area contributed by atoms with E-state index in [0.29, 0.717) is 6.54 Å². The van der Waals surface area contributed by atoms with Crippen LogP contribution in [0.15, 0.2) is 48.5 Å². The molecule has 0 radical (unpaired) electrons. The lowest BCUT2D eigenvalue weighted by Crippen LogP contribution is -2.20. The van der Waals surface area contributed by atoms with Crippen molar-refractivity contribution in [3.8, 4) is 5.75 Å². The van der Waals surface area contributed by atoms with Gasteiger partial charge < -0.3 is 15.8 Å². The first-order valence-electron chi connectivity index (χ1n) is 6.40. The van der Waals surface area contributed by atoms with Crippen LogP contribution in [0, 0.1) is 6.92 Å². The molecule has 2 rings (SSSR count). The molecule has 0 bridgehead atoms. The Kier molecular flexibility index (Phi) is 4.42. The van der Waals surface area contributed by atoms with Gasteiger partial charge in [-0.2, -0.15) is 0 Å². The minimum atomic E-state index is 0.104. The second-order valence-electron chi connectivity index (χ2n) is 4.58. The molecule has 19 heavy (non-hydrogen) atoms. The molecule has 0 heterocycles. The van der Waals surface area contributed by atoms with Gasteiger partial charge in [-0.05, 0) is 42.3 Å². The Balaban J connectivity index is 2.15. The highest BCUT2D eigenvalue weighted by molar-refractivity contribution is 5.48. The van der Waals surface area contributed by atoms with Gasteiger partial charge in [-0.1, -0.05) is 24.3 Å². The lowest BCUT2D eigenvalue weighted by atomic mass is 10.1. The minimum Gasteiger partial charge on any atom is -0.497 e. The number of rotatable bonds is 5. The van der Waals surface area contributed by atoms with Crippen LogP contribution in [0.4, 0.5) is 5.69 Å². The number of nitrogens with one attached hydrogen (secondary N) is 1. The van der Waals surface area contributed by atoms with Crippen molar-refractivity contribution in [1.29, 1.82) is 0 Å². The maximum atomic E-state index is 5.87. The molecule has 3 nitrogen and oxygen atoms in total. The van der Waals surface area contributed by atoms with Gasteiger partial charge in [-0.25, -0.2) is 0 Å². The predicted molar refractivity (Wildman–Crippen MR) is 79.6 cm³/mol. The quantitative estimate of drug-likeness (QED) is 0.864. The van der Waals surface area contributed by atoms with E-state index in [0.717, 1.165) is 17.0 Å². The van der Waals surface area contributed by atoms with Crippen LogP contribution in [0.3, 0.4) is 0 Å². The molecule has 2 aromatic rings. The van der Waals surface area contributed by atoms with E-state index in [4.69, 9.17) is 10.5 Å². The lowest BCUT2D eigenvalue weighted by Gasteiger charge is -2.19. The standard InChI is InChI=1S/C16H20N2O/c1-12-4-3-5-14(10-12)18-16(11-17)13-6-8-15(19-2)9-7-13/h3-10,16,18H,11,17H2,1-2H3. The van der Waals surface area contributed by atoms with Gasteiger partial charge in [0.2, 0.25) is 0 Å². The molecule has 2 aromatic carbocycles. The van der Waals surface area contributed by atoms with Crippen LogP contribution in [-0.4, -0.2) is 13.7 Å². The molecule has 1 atom stereocenters. The summed E-state index contributed by atoms with van der Waals surface area (Å²) in [6.45, 7) is 2.62. The van der Waals surface area contributed by atoms with Gasteiger partial charge in [0.05, 0.1) is 13.2 Å². The summed E-state index contributed by atoms with van der Waals surface area (Å²) >= 11 is 0. The molecule has 0 aliphatic heterocycles. The molecular weight excluding hydrogens is 236 g/mol. The van der Waals surface area contributed by atoms with Crippen molar-refractivity contribution in [2.75, 3.05) is 19.0 Å². The van der Waals surface area contributed by atoms with E-state index >= 15 is 0 Å². The van der Waals surface area contributed by atoms with E-state index in [1.807, 2.05) is 30.3 Å². The average Bonchev–Trinajstić information content (AvgIpc) is 2.45. The van der Waals surface area contributed by atoms with E-state index in [-0.39, 0.29) is 6.04 Å². The maximum absolute atomic E-state index is 5.87. The van der Waals surface area contributed by atoms with Crippen molar-refractivity contribution in [2.24, 2.45) is 5.73 Å². The maximum Gasteiger partial charge on any atom is 0.118 e. The van der Waals surface area contributed by atoms with Gasteiger partial charge in [0.15, 0.2) is 0 Å². The Morgan fingerprint density at radius 3 is 2.47 bits per heavy atom. The van der Waals surface area contributed by atoms with Crippen molar-refractivity contribution in [3.05, 3.63) is 59.7 Å². The fraction of sp³-hybridized carbons (Fsp3) is 0.250. The Morgan fingerprint density at radius 1 is 1.16 bits per heavy atom. The van der Waals surface area contributed by atoms with Crippen molar-refractivity contribution in [1.82, 2.24) is 0 Å². The molecule has 3 heteroatoms. The first-order chi connectivity index (χ1) is 9.22. The van der Waals surface area contributed by atoms with E-state index in [1.54, 1.807) is 7.11 Å². The van der Waals surface area contributed by atoms with E-state index in [2.05, 4.69) is 30.4 Å². The summed E-state index contributed by atoms with van der Waals surface area (Å²) in [7, 11) is 1.67. The summed E-state index contributed by atoms with van der Waals surface area (Å²) < 4.78 is 5.16. The van der Waals surface area contributed by atoms with E-state index in [9.17, 15) is 0 Å². The number of aryl methyl sites for hydroxylation is 1. The molecule has 0 saturated carbocycles. The van der Waals surface area contributed by atoms with Crippen LogP contribution >= 0.6 is 0 Å². The predicted octanol–water partition coefficient (Wildman–Crippen LogP) is 3.12. The summed E-state index contributed by atoms with van der Waals surface area (Å²) in [5.41, 5.74) is 9.35. The number of hydrogen-bond donors (Lipinski definition) is 2. The third kappa shape index (κ3) is 3.48. The number of anilines is 1. The van der Waals surface area contributed by atoms with E-state index < -0.39 is 0 Å². The monoisotopic (exact) mass is 256 g/mol. The Labute approximate surface area is 114 Å². The van der Waals surface area contributed by atoms with Crippen LogP contribution < -0.4 is 15.8 Å². The van der Waals surface area contributed by atoms with Crippen molar-refractivity contribution in [3.63, 3.8) is 0 Å². The third-order valence-electron chi connectivity index (χ3n) is 3.11. The van der Waals surface area contributed by atoms with Gasteiger partial charge in [-0.15, -0.1) is 0 Å². The molecular formula is C16H20N2O. The largest absolute Gasteiger partial charge is 0.497 e. The second kappa shape index (κ2) is 6.25. The Hall–Kier alpha value is -2.00. The average molecular weight is 256 g/mol. The van der Waals surface area contributed by atoms with E-state index in [1.165, 1.54) is 5.56 Å². The Bertz CT molecular complexity index is 523. The van der Waals surface area contributed by atoms with Crippen LogP contribution in [0.25, 0.3) is 0 Å². The smallest absolute Gasteiger partial charge is 0.118 e. The van der Waals surface area contributed by atoms with Gasteiger partial charge in [0.25, 0.3) is 0 Å². The van der Waals surface area contributed by atoms with Gasteiger partial charge in [0, 0.05) is 12.2 Å². The fourth-order valence-electron chi connectivity index (χ4n) is 2.05. The summed E-state index contributed by atoms with van der Waals surface area (Å²) in [5.74, 6) is 0.857. The number of benzene rings is 2. The van der Waals surface area contributed by atoms with Crippen molar-refractivity contribution in [2.45, 2.75) is 13.0 Å². The highest BCUT2D eigenvalue weighted by Crippen LogP contribution is 2.21. The molecule has 3 N–H and O–H groups in total. The number of methoxy groups -OCH3 is 1. The molecule has 0 amide bonds. The fourth-order valence-corrected chi connectivity index (χ4v) is 2.05. The molecule has 0 aliphatic carbocycles. The number of ether oxygens (including phenoxy) is 1. The Morgan fingerprint density at radius 2 is 1.89 bits per heavy atom. The zero-order valence-electron chi connectivity index (χ0n) is 11.4. The first kappa shape index (κ1) is 13.4. The van der Waals surface area contributed by atoms with Crippen molar-refractivity contribution < 1.29 is 4.74 Å². The highest BCUT2D eigenvalue weighted by Gasteiger charge is 2.09. The molecule has 1 unspecified atom stereocenters. The van der Waals surface area contributed by atoms with Crippen LogP contribution in [0.5, 0.6) is 5.75 Å². The lowest BCUT2D eigenvalue weighted by molar-refractivity contribution is 0.414. The van der Waals surface area contributed by atoms with Gasteiger partial charge in [0.1, 0.15) is 5.75 Å². The number of hydrogen-bond acceptors (Lipinski definition) is 3. The molecule has 100 valence electrons. The zero-order chi connectivity index (χ0) is 13.7. The summed E-state index contributed by atoms with van der Waals surface area (Å²) in [6, 6.07) is 16.4. The topological polar surface area (TPSA) is 47.3 Å². The first-order valence-corrected chi connectivity index (χ1v) is 6.40. The molecule has 0 spiro atoms. The van der Waals surface area contributed by atoms with Crippen LogP contribution in [-0.2, 0) is 0 Å². The second-order valence-corrected chi connectivity index (χ2v) is 4.58. The zero-order valence-corrected chi connectivity index (χ0v) is 11.4. The van der Waals surface area contributed by atoms with Gasteiger partial charge >= 0.3 is 0 Å². The van der Waals surface area contributed by atoms with Crippen LogP contribution in [0.1, 0.15) is 17.2 Å². The SMILES string of the molecule is COc1ccc(C(CN)Nc2cccc(C)c2)cc1. The third-order valence-corrected chi connectivity index (χ3v) is 3.11. The van der Waals surface area contributed by atoms with Crippen LogP contribution in [0.2, 0.25) is 0 Å². The highest BCUT2D eigenvalue weighted by atomic mass is 16.5. The molecule has 0 fully saturated rings. The summed E-state index contributed by atoms with van der Waals surface area (Å²) in [4.78, 5) is 0. The van der Waals surface area contributed by atoms with Gasteiger partial charge in [-0.3, -0.25) is 0 Å². The molecule has 0 aliphatic rings. The molecule has 0 aromatic heterocycles. The normalized spacial score (nSPS) is 11.9. The van der Waals surface area contributed by atoms with Crippen molar-refractivity contribution >= 4 is 5.69 Å².